The van der Waals surface area contributed by atoms with Gasteiger partial charge in [-0.25, -0.2) is 12.5 Å². The van der Waals surface area contributed by atoms with Crippen LogP contribution >= 0.6 is 12.5 Å². The van der Waals surface area contributed by atoms with Gasteiger partial charge in [0.1, 0.15) is 0 Å². The molecule has 0 atom stereocenters. The van der Waals surface area contributed by atoms with Crippen molar-refractivity contribution in [1.82, 2.24) is 0 Å². The molecule has 0 aromatic heterocycles. The first kappa shape index (κ1) is 4.48. The summed E-state index contributed by atoms with van der Waals surface area (Å²) in [5.41, 5.74) is 0. The highest BCUT2D eigenvalue weighted by atomic mass is 32.1. The Balaban J connectivity index is 1.97. The van der Waals surface area contributed by atoms with E-state index in [-0.39, 0.29) is 0 Å². The zero-order chi connectivity index (χ0) is 3.41. The summed E-state index contributed by atoms with van der Waals surface area (Å²) in [6, 6.07) is 0. The van der Waals surface area contributed by atoms with E-state index in [0.29, 0.717) is 0 Å². The van der Waals surface area contributed by atoms with Crippen LogP contribution in [0.25, 0.3) is 0 Å². The Morgan fingerprint density at radius 1 is 2.00 bits per heavy atom. The van der Waals surface area contributed by atoms with Gasteiger partial charge < -0.3 is 0 Å². The van der Waals surface area contributed by atoms with Crippen molar-refractivity contribution in [2.24, 2.45) is 0 Å². The normalized spacial score (nSPS) is 6.25. The summed E-state index contributed by atoms with van der Waals surface area (Å²) >= 11 is 3.92. The lowest BCUT2D eigenvalue weighted by Crippen LogP contribution is -1.69. The summed E-state index contributed by atoms with van der Waals surface area (Å²) in [7, 11) is 2.10. The number of hydrogen-bond donors (Lipinski definition) is 1. The SMILES string of the molecule is BCBS. The molecule has 0 N–H and O–H groups in total. The van der Waals surface area contributed by atoms with Gasteiger partial charge in [0.25, 0.3) is 0 Å². The predicted molar refractivity (Wildman–Crippen MR) is 29.5 cm³/mol. The van der Waals surface area contributed by atoms with Crippen molar-refractivity contribution in [3.8, 4) is 0 Å². The molecule has 0 rings (SSSR count). The average molecular weight is 71.7 g/mol. The van der Waals surface area contributed by atoms with Gasteiger partial charge >= 0.3 is 0 Å². The summed E-state index contributed by atoms with van der Waals surface area (Å²) in [6.07, 6.45) is 1.18. The van der Waals surface area contributed by atoms with Gasteiger partial charge in [0.05, 0.1) is 7.85 Å². The second-order valence-corrected chi connectivity index (χ2v) is 1.17. The zero-order valence-corrected chi connectivity index (χ0v) is 3.76. The lowest BCUT2D eigenvalue weighted by atomic mass is 9.86. The molecule has 0 amide bonds. The van der Waals surface area contributed by atoms with Crippen LogP contribution < -0.4 is 0 Å². The van der Waals surface area contributed by atoms with Crippen LogP contribution in [0, 0.1) is 0 Å². The third kappa shape index (κ3) is 2.48. The van der Waals surface area contributed by atoms with Crippen LogP contribution in [0.3, 0.4) is 0 Å². The molecule has 0 heterocycles. The Morgan fingerprint density at radius 3 is 2.25 bits per heavy atom. The van der Waals surface area contributed by atoms with Crippen LogP contribution in [0.15, 0.2) is 0 Å². The molecule has 0 saturated heterocycles. The Morgan fingerprint density at radius 2 is 2.25 bits per heavy atom. The summed E-state index contributed by atoms with van der Waals surface area (Å²) in [6.45, 7) is 1.01. The molecule has 0 fully saturated rings. The van der Waals surface area contributed by atoms with Gasteiger partial charge in [-0.1, -0.05) is 6.22 Å². The molecule has 0 aliphatic carbocycles. The highest BCUT2D eigenvalue weighted by Crippen LogP contribution is 1.66. The monoisotopic (exact) mass is 72.0 g/mol. The fourth-order valence-electron chi connectivity index (χ4n) is 0. The van der Waals surface area contributed by atoms with Gasteiger partial charge in [0.15, 0.2) is 6.56 Å². The summed E-state index contributed by atoms with van der Waals surface area (Å²) in [5, 5.41) is 0. The van der Waals surface area contributed by atoms with Crippen LogP contribution in [0.2, 0.25) is 6.22 Å². The second-order valence-electron chi connectivity index (χ2n) is 0.724. The minimum absolute atomic E-state index is 1.01. The lowest BCUT2D eigenvalue weighted by molar-refractivity contribution is 2.13. The molecular weight excluding hydrogens is 65.7 g/mol. The summed E-state index contributed by atoms with van der Waals surface area (Å²) in [4.78, 5) is 0. The standard InChI is InChI=1S/CH6B2S/c2-1-3-4/h3-4H,1-2H2. The van der Waals surface area contributed by atoms with Crippen molar-refractivity contribution >= 4 is 26.9 Å². The van der Waals surface area contributed by atoms with Crippen molar-refractivity contribution in [3.05, 3.63) is 0 Å². The van der Waals surface area contributed by atoms with Gasteiger partial charge in [0.2, 0.25) is 0 Å². The number of thiol groups is 1. The van der Waals surface area contributed by atoms with Crippen molar-refractivity contribution in [1.29, 1.82) is 0 Å². The molecule has 0 nitrogen and oxygen atoms in total. The Hall–Kier alpha value is 0.480. The van der Waals surface area contributed by atoms with Crippen LogP contribution in [0.5, 0.6) is 0 Å². The maximum atomic E-state index is 3.92. The molecule has 0 aliphatic rings. The molecule has 0 saturated carbocycles. The first-order chi connectivity index (χ1) is 1.91. The molecule has 0 aromatic carbocycles. The first-order valence-corrected chi connectivity index (χ1v) is 2.16. The molecule has 4 heavy (non-hydrogen) atoms. The largest absolute Gasteiger partial charge is 0.232 e. The molecule has 0 unspecified atom stereocenters. The van der Waals surface area contributed by atoms with Gasteiger partial charge in [-0.2, -0.15) is 0 Å². The molecule has 0 aliphatic heterocycles. The Kier molecular flexibility index (Phi) is 3.90. The van der Waals surface area contributed by atoms with Gasteiger partial charge in [-0.05, 0) is 0 Å². The molecule has 0 radical (unpaired) electrons. The van der Waals surface area contributed by atoms with E-state index in [1.54, 1.807) is 0 Å². The highest BCUT2D eigenvalue weighted by molar-refractivity contribution is 8.07. The highest BCUT2D eigenvalue weighted by Gasteiger charge is 1.64. The Bertz CT molecular complexity index is 8.00. The minimum atomic E-state index is 1.01. The smallest absolute Gasteiger partial charge is 0.179 e. The van der Waals surface area contributed by atoms with E-state index in [4.69, 9.17) is 0 Å². The third-order valence-corrected chi connectivity index (χ3v) is 0.671. The quantitative estimate of drug-likeness (QED) is 0.306. The van der Waals surface area contributed by atoms with Gasteiger partial charge in [0, 0.05) is 0 Å². The van der Waals surface area contributed by atoms with Gasteiger partial charge in [-0.15, -0.1) is 0 Å². The van der Waals surface area contributed by atoms with Crippen LogP contribution in [-0.4, -0.2) is 14.4 Å². The molecule has 0 bridgehead atoms. The first-order valence-electron chi connectivity index (χ1n) is 1.52. The van der Waals surface area contributed by atoms with E-state index >= 15 is 0 Å². The summed E-state index contributed by atoms with van der Waals surface area (Å²) in [5.74, 6) is 0. The fraction of sp³-hybridized carbons (Fsp3) is 1.00. The average Bonchev–Trinajstić information content (AvgIpc) is 1.37. The summed E-state index contributed by atoms with van der Waals surface area (Å²) < 4.78 is 0. The van der Waals surface area contributed by atoms with E-state index in [1.807, 2.05) is 0 Å². The fourth-order valence-corrected chi connectivity index (χ4v) is 0. The van der Waals surface area contributed by atoms with Crippen molar-refractivity contribution < 1.29 is 0 Å². The van der Waals surface area contributed by atoms with E-state index in [9.17, 15) is 0 Å². The molecule has 0 aromatic rings. The van der Waals surface area contributed by atoms with Crippen molar-refractivity contribution in [2.75, 3.05) is 0 Å². The number of rotatable bonds is 1. The van der Waals surface area contributed by atoms with Crippen molar-refractivity contribution in [3.63, 3.8) is 0 Å². The molecule has 0 spiro atoms. The molecule has 3 heteroatoms. The maximum absolute atomic E-state index is 3.92. The molecule has 22 valence electrons. The van der Waals surface area contributed by atoms with E-state index in [1.165, 1.54) is 6.22 Å². The molecular formula is CH6B2S. The predicted octanol–water partition coefficient (Wildman–Crippen LogP) is -0.723. The van der Waals surface area contributed by atoms with Crippen molar-refractivity contribution in [2.45, 2.75) is 6.22 Å². The Labute approximate surface area is 33.9 Å². The maximum Gasteiger partial charge on any atom is 0.179 e. The number of hydrogen-bond acceptors (Lipinski definition) is 1. The zero-order valence-electron chi connectivity index (χ0n) is 2.86. The minimum Gasteiger partial charge on any atom is -0.232 e. The second kappa shape index (κ2) is 3.48. The van der Waals surface area contributed by atoms with E-state index < -0.39 is 0 Å². The van der Waals surface area contributed by atoms with Crippen LogP contribution in [-0.2, 0) is 0 Å². The topological polar surface area (TPSA) is 0 Å². The third-order valence-electron chi connectivity index (χ3n) is 0.224. The lowest BCUT2D eigenvalue weighted by Gasteiger charge is -1.61. The van der Waals surface area contributed by atoms with Crippen LogP contribution in [0.1, 0.15) is 0 Å². The van der Waals surface area contributed by atoms with Gasteiger partial charge in [-0.3, -0.25) is 0 Å². The van der Waals surface area contributed by atoms with Crippen LogP contribution in [0.4, 0.5) is 0 Å². The van der Waals surface area contributed by atoms with E-state index in [2.05, 4.69) is 20.3 Å². The van der Waals surface area contributed by atoms with E-state index in [0.717, 1.165) is 6.56 Å².